The number of carbonyl (C=O) groups is 1. The predicted octanol–water partition coefficient (Wildman–Crippen LogP) is 5.87. The van der Waals surface area contributed by atoms with Crippen LogP contribution in [0.5, 0.6) is 0 Å². The molecule has 5 heteroatoms. The van der Waals surface area contributed by atoms with Gasteiger partial charge in [-0.05, 0) is 56.4 Å². The lowest BCUT2D eigenvalue weighted by Gasteiger charge is -2.12. The van der Waals surface area contributed by atoms with Gasteiger partial charge in [0.2, 0.25) is 0 Å². The maximum absolute atomic E-state index is 11.4. The summed E-state index contributed by atoms with van der Waals surface area (Å²) >= 11 is 1.69. The first kappa shape index (κ1) is 23.0. The number of nitrogens with zero attached hydrogens (tertiary/aromatic N) is 1. The molecule has 3 aromatic rings. The van der Waals surface area contributed by atoms with Gasteiger partial charge in [-0.25, -0.2) is 4.98 Å². The van der Waals surface area contributed by atoms with E-state index in [2.05, 4.69) is 13.8 Å². The number of carboxylic acid groups (broad SMARTS) is 1. The minimum Gasteiger partial charge on any atom is -0.481 e. The highest BCUT2D eigenvalue weighted by molar-refractivity contribution is 7.19. The molecule has 0 aliphatic carbocycles. The Labute approximate surface area is 177 Å². The van der Waals surface area contributed by atoms with E-state index in [4.69, 9.17) is 10.1 Å². The van der Waals surface area contributed by atoms with Gasteiger partial charge in [0, 0.05) is 12.0 Å². The summed E-state index contributed by atoms with van der Waals surface area (Å²) in [6.45, 7) is 11.6. The van der Waals surface area contributed by atoms with Gasteiger partial charge in [-0.15, -0.1) is 11.3 Å². The summed E-state index contributed by atoms with van der Waals surface area (Å²) in [4.78, 5) is 16.2. The minimum atomic E-state index is -0.804. The first-order valence-electron chi connectivity index (χ1n) is 9.87. The molecule has 0 saturated heterocycles. The third-order valence-corrected chi connectivity index (χ3v) is 5.14. The second-order valence-corrected chi connectivity index (χ2v) is 9.79. The third kappa shape index (κ3) is 6.94. The van der Waals surface area contributed by atoms with Crippen molar-refractivity contribution >= 4 is 27.5 Å². The van der Waals surface area contributed by atoms with Crippen molar-refractivity contribution in [3.8, 4) is 11.1 Å². The standard InChI is InChI=1S/C20H21NO2S.C4H10O/c1-12(2)9-17-21-16-10-13(3)15(11-18(22)23)19(20(16)24-17)14-7-5-4-6-8-14;1-4(2,3)5/h4-8,10,12H,9,11H2,1-3H3,(H,22,23);5H,1-3H3. The fourth-order valence-corrected chi connectivity index (χ4v) is 4.36. The van der Waals surface area contributed by atoms with Gasteiger partial charge >= 0.3 is 5.97 Å². The average molecular weight is 414 g/mol. The predicted molar refractivity (Wildman–Crippen MR) is 122 cm³/mol. The smallest absolute Gasteiger partial charge is 0.307 e. The number of hydrogen-bond acceptors (Lipinski definition) is 4. The van der Waals surface area contributed by atoms with Crippen molar-refractivity contribution in [3.63, 3.8) is 0 Å². The van der Waals surface area contributed by atoms with E-state index < -0.39 is 11.6 Å². The van der Waals surface area contributed by atoms with Gasteiger partial charge in [-0.1, -0.05) is 44.2 Å². The Hall–Kier alpha value is -2.24. The normalized spacial score (nSPS) is 11.4. The van der Waals surface area contributed by atoms with Crippen LogP contribution in [-0.4, -0.2) is 26.8 Å². The lowest BCUT2D eigenvalue weighted by Crippen LogP contribution is -2.10. The fourth-order valence-electron chi connectivity index (χ4n) is 3.01. The minimum absolute atomic E-state index is 0.0312. The van der Waals surface area contributed by atoms with Gasteiger partial charge in [0.25, 0.3) is 0 Å². The van der Waals surface area contributed by atoms with Gasteiger partial charge in [0.1, 0.15) is 0 Å². The number of thiazole rings is 1. The van der Waals surface area contributed by atoms with Crippen LogP contribution in [0.1, 0.15) is 50.8 Å². The number of benzene rings is 2. The zero-order chi connectivity index (χ0) is 21.8. The summed E-state index contributed by atoms with van der Waals surface area (Å²) in [6, 6.07) is 12.1. The summed E-state index contributed by atoms with van der Waals surface area (Å²) in [5.41, 5.74) is 4.44. The van der Waals surface area contributed by atoms with Gasteiger partial charge in [-0.3, -0.25) is 4.79 Å². The van der Waals surface area contributed by atoms with Gasteiger partial charge in [0.15, 0.2) is 0 Å². The number of carboxylic acids is 1. The Morgan fingerprint density at radius 1 is 1.17 bits per heavy atom. The van der Waals surface area contributed by atoms with Crippen molar-refractivity contribution in [2.45, 2.75) is 60.0 Å². The molecule has 0 unspecified atom stereocenters. The summed E-state index contributed by atoms with van der Waals surface area (Å²) in [6.07, 6.45) is 0.976. The number of aromatic nitrogens is 1. The van der Waals surface area contributed by atoms with Crippen LogP contribution >= 0.6 is 11.3 Å². The molecule has 0 radical (unpaired) electrons. The Balaban J connectivity index is 0.000000537. The van der Waals surface area contributed by atoms with E-state index in [0.29, 0.717) is 5.92 Å². The number of aliphatic hydroxyl groups is 1. The van der Waals surface area contributed by atoms with E-state index in [1.54, 1.807) is 32.1 Å². The molecule has 4 nitrogen and oxygen atoms in total. The van der Waals surface area contributed by atoms with Crippen LogP contribution in [0.25, 0.3) is 21.3 Å². The van der Waals surface area contributed by atoms with Crippen molar-refractivity contribution < 1.29 is 15.0 Å². The maximum Gasteiger partial charge on any atom is 0.307 e. The van der Waals surface area contributed by atoms with Crippen molar-refractivity contribution in [3.05, 3.63) is 52.5 Å². The summed E-state index contributed by atoms with van der Waals surface area (Å²) in [5.74, 6) is -0.258. The molecular formula is C24H31NO3S. The highest BCUT2D eigenvalue weighted by atomic mass is 32.1. The molecule has 2 N–H and O–H groups in total. The second-order valence-electron chi connectivity index (χ2n) is 8.71. The van der Waals surface area contributed by atoms with Crippen LogP contribution in [-0.2, 0) is 17.6 Å². The number of fused-ring (bicyclic) bond motifs is 1. The summed E-state index contributed by atoms with van der Waals surface area (Å²) in [7, 11) is 0. The fraction of sp³-hybridized carbons (Fsp3) is 0.417. The monoisotopic (exact) mass is 413 g/mol. The molecule has 156 valence electrons. The molecular weight excluding hydrogens is 382 g/mol. The van der Waals surface area contributed by atoms with Crippen LogP contribution < -0.4 is 0 Å². The van der Waals surface area contributed by atoms with Crippen LogP contribution in [0.3, 0.4) is 0 Å². The van der Waals surface area contributed by atoms with Crippen LogP contribution in [0, 0.1) is 12.8 Å². The third-order valence-electron chi connectivity index (χ3n) is 4.03. The average Bonchev–Trinajstić information content (AvgIpc) is 2.95. The molecule has 2 aromatic carbocycles. The van der Waals surface area contributed by atoms with Crippen LogP contribution in [0.4, 0.5) is 0 Å². The molecule has 0 aliphatic rings. The molecule has 1 aromatic heterocycles. The first-order chi connectivity index (χ1) is 13.5. The molecule has 0 amide bonds. The Kier molecular flexibility index (Phi) is 7.55. The maximum atomic E-state index is 11.4. The zero-order valence-corrected chi connectivity index (χ0v) is 18.9. The highest BCUT2D eigenvalue weighted by Crippen LogP contribution is 2.38. The molecule has 1 heterocycles. The van der Waals surface area contributed by atoms with Gasteiger partial charge < -0.3 is 10.2 Å². The Morgan fingerprint density at radius 2 is 1.76 bits per heavy atom. The van der Waals surface area contributed by atoms with Crippen LogP contribution in [0.15, 0.2) is 36.4 Å². The van der Waals surface area contributed by atoms with E-state index in [9.17, 15) is 9.90 Å². The lowest BCUT2D eigenvalue weighted by molar-refractivity contribution is -0.136. The van der Waals surface area contributed by atoms with Crippen molar-refractivity contribution in [1.29, 1.82) is 0 Å². The number of hydrogen-bond donors (Lipinski definition) is 2. The number of rotatable bonds is 5. The van der Waals surface area contributed by atoms with E-state index in [0.717, 1.165) is 43.9 Å². The van der Waals surface area contributed by atoms with Crippen molar-refractivity contribution in [2.75, 3.05) is 0 Å². The molecule has 3 rings (SSSR count). The summed E-state index contributed by atoms with van der Waals surface area (Å²) < 4.78 is 1.10. The van der Waals surface area contributed by atoms with Crippen LogP contribution in [0.2, 0.25) is 0 Å². The Morgan fingerprint density at radius 3 is 2.28 bits per heavy atom. The molecule has 0 spiro atoms. The van der Waals surface area contributed by atoms with E-state index in [1.807, 2.05) is 43.3 Å². The van der Waals surface area contributed by atoms with Crippen molar-refractivity contribution in [2.24, 2.45) is 5.92 Å². The quantitative estimate of drug-likeness (QED) is 0.548. The molecule has 0 bridgehead atoms. The lowest BCUT2D eigenvalue weighted by atomic mass is 9.93. The summed E-state index contributed by atoms with van der Waals surface area (Å²) in [5, 5.41) is 19.0. The van der Waals surface area contributed by atoms with Gasteiger partial charge in [-0.2, -0.15) is 0 Å². The molecule has 0 atom stereocenters. The SMILES string of the molecule is CC(C)(C)O.Cc1cc2nc(CC(C)C)sc2c(-c2ccccc2)c1CC(=O)O. The van der Waals surface area contributed by atoms with Gasteiger partial charge in [0.05, 0.1) is 27.2 Å². The van der Waals surface area contributed by atoms with Crippen molar-refractivity contribution in [1.82, 2.24) is 4.98 Å². The topological polar surface area (TPSA) is 70.4 Å². The molecule has 0 saturated carbocycles. The number of aryl methyl sites for hydroxylation is 1. The Bertz CT molecular complexity index is 963. The first-order valence-corrected chi connectivity index (χ1v) is 10.7. The highest BCUT2D eigenvalue weighted by Gasteiger charge is 2.19. The number of aliphatic carboxylic acids is 1. The molecule has 0 aliphatic heterocycles. The molecule has 0 fully saturated rings. The van der Waals surface area contributed by atoms with E-state index >= 15 is 0 Å². The zero-order valence-electron chi connectivity index (χ0n) is 18.1. The van der Waals surface area contributed by atoms with E-state index in [-0.39, 0.29) is 6.42 Å². The largest absolute Gasteiger partial charge is 0.481 e. The van der Waals surface area contributed by atoms with E-state index in [1.165, 1.54) is 0 Å². The second kappa shape index (κ2) is 9.51. The molecule has 29 heavy (non-hydrogen) atoms.